The van der Waals surface area contributed by atoms with E-state index in [-0.39, 0.29) is 17.4 Å². The fraction of sp³-hybridized carbons (Fsp3) is 0.846. The second-order valence-corrected chi connectivity index (χ2v) is 5.96. The van der Waals surface area contributed by atoms with E-state index in [0.717, 1.165) is 6.42 Å². The lowest BCUT2D eigenvalue weighted by molar-refractivity contribution is -0.127. The summed E-state index contributed by atoms with van der Waals surface area (Å²) in [6, 6.07) is -0.233. The number of hydrogen-bond donors (Lipinski definition) is 1. The molecule has 1 saturated heterocycles. The fourth-order valence-corrected chi connectivity index (χ4v) is 2.31. The van der Waals surface area contributed by atoms with Crippen LogP contribution in [0, 0.1) is 5.41 Å². The topological polar surface area (TPSA) is 49.4 Å². The molecule has 0 saturated carbocycles. The van der Waals surface area contributed by atoms with E-state index < -0.39 is 5.54 Å². The molecular formula is C13H24N2O2. The molecule has 0 atom stereocenters. The van der Waals surface area contributed by atoms with Crippen LogP contribution in [0.4, 0.5) is 4.79 Å². The molecule has 1 N–H and O–H groups in total. The van der Waals surface area contributed by atoms with Gasteiger partial charge in [0.25, 0.3) is 5.91 Å². The molecule has 1 aliphatic rings. The molecule has 0 aromatic carbocycles. The Kier molecular flexibility index (Phi) is 3.84. The summed E-state index contributed by atoms with van der Waals surface area (Å²) in [6.45, 7) is 11.0. The zero-order valence-electron chi connectivity index (χ0n) is 11.6. The minimum Gasteiger partial charge on any atom is -0.310 e. The first-order chi connectivity index (χ1) is 7.77. The first-order valence-corrected chi connectivity index (χ1v) is 6.40. The second-order valence-electron chi connectivity index (χ2n) is 5.96. The molecular weight excluding hydrogens is 216 g/mol. The molecule has 1 fully saturated rings. The summed E-state index contributed by atoms with van der Waals surface area (Å²) in [6.07, 6.45) is 2.24. The maximum absolute atomic E-state index is 11.9. The lowest BCUT2D eigenvalue weighted by Gasteiger charge is -2.35. The molecule has 0 unspecified atom stereocenters. The van der Waals surface area contributed by atoms with Gasteiger partial charge in [-0.3, -0.25) is 10.1 Å². The van der Waals surface area contributed by atoms with Crippen molar-refractivity contribution in [2.24, 2.45) is 5.41 Å². The molecule has 0 spiro atoms. The van der Waals surface area contributed by atoms with Crippen LogP contribution in [0.2, 0.25) is 0 Å². The molecule has 1 heterocycles. The smallest absolute Gasteiger partial charge is 0.310 e. The van der Waals surface area contributed by atoms with Crippen molar-refractivity contribution in [2.75, 3.05) is 6.54 Å². The SMILES string of the molecule is CCC1(CC)C(=O)NC(=O)N1CCC(C)(C)C. The van der Waals surface area contributed by atoms with E-state index >= 15 is 0 Å². The Hall–Kier alpha value is -1.06. The van der Waals surface area contributed by atoms with Crippen molar-refractivity contribution in [3.8, 4) is 0 Å². The summed E-state index contributed by atoms with van der Waals surface area (Å²) < 4.78 is 0. The van der Waals surface area contributed by atoms with Crippen molar-refractivity contribution >= 4 is 11.9 Å². The van der Waals surface area contributed by atoms with Crippen molar-refractivity contribution < 1.29 is 9.59 Å². The molecule has 0 aliphatic carbocycles. The number of rotatable bonds is 4. The van der Waals surface area contributed by atoms with E-state index in [0.29, 0.717) is 19.4 Å². The van der Waals surface area contributed by atoms with Gasteiger partial charge in [-0.1, -0.05) is 34.6 Å². The minimum absolute atomic E-state index is 0.138. The van der Waals surface area contributed by atoms with Gasteiger partial charge < -0.3 is 4.90 Å². The summed E-state index contributed by atoms with van der Waals surface area (Å²) in [4.78, 5) is 25.5. The lowest BCUT2D eigenvalue weighted by Crippen LogP contribution is -2.49. The third kappa shape index (κ3) is 2.61. The standard InChI is InChI=1S/C13H24N2O2/c1-6-13(7-2)10(16)14-11(17)15(13)9-8-12(3,4)5/h6-9H2,1-5H3,(H,14,16,17). The molecule has 1 aliphatic heterocycles. The number of amides is 3. The number of hydrogen-bond acceptors (Lipinski definition) is 2. The summed E-state index contributed by atoms with van der Waals surface area (Å²) in [7, 11) is 0. The highest BCUT2D eigenvalue weighted by atomic mass is 16.2. The molecule has 0 radical (unpaired) electrons. The maximum atomic E-state index is 11.9. The van der Waals surface area contributed by atoms with Crippen LogP contribution in [0.15, 0.2) is 0 Å². The van der Waals surface area contributed by atoms with Crippen molar-refractivity contribution in [1.29, 1.82) is 0 Å². The lowest BCUT2D eigenvalue weighted by atomic mass is 9.88. The second kappa shape index (κ2) is 4.67. The molecule has 0 aromatic heterocycles. The first kappa shape index (κ1) is 14.0. The van der Waals surface area contributed by atoms with Gasteiger partial charge in [-0.05, 0) is 24.7 Å². The van der Waals surface area contributed by atoms with Crippen LogP contribution < -0.4 is 5.32 Å². The molecule has 17 heavy (non-hydrogen) atoms. The predicted molar refractivity (Wildman–Crippen MR) is 67.6 cm³/mol. The normalized spacial score (nSPS) is 19.7. The molecule has 0 aromatic rings. The van der Waals surface area contributed by atoms with E-state index in [1.807, 2.05) is 13.8 Å². The number of urea groups is 1. The van der Waals surface area contributed by atoms with Gasteiger partial charge in [0.2, 0.25) is 0 Å². The largest absolute Gasteiger partial charge is 0.325 e. The van der Waals surface area contributed by atoms with Crippen molar-refractivity contribution in [3.05, 3.63) is 0 Å². The van der Waals surface area contributed by atoms with Gasteiger partial charge >= 0.3 is 6.03 Å². The van der Waals surface area contributed by atoms with Crippen LogP contribution >= 0.6 is 0 Å². The summed E-state index contributed by atoms with van der Waals surface area (Å²) in [5, 5.41) is 2.44. The van der Waals surface area contributed by atoms with Gasteiger partial charge in [-0.2, -0.15) is 0 Å². The number of carbonyl (C=O) groups excluding carboxylic acids is 2. The van der Waals surface area contributed by atoms with E-state index in [1.54, 1.807) is 4.90 Å². The van der Waals surface area contributed by atoms with Crippen molar-refractivity contribution in [1.82, 2.24) is 10.2 Å². The zero-order valence-corrected chi connectivity index (χ0v) is 11.6. The molecule has 1 rings (SSSR count). The Balaban J connectivity index is 2.87. The Morgan fingerprint density at radius 1 is 1.18 bits per heavy atom. The average molecular weight is 240 g/mol. The van der Waals surface area contributed by atoms with E-state index in [2.05, 4.69) is 26.1 Å². The minimum atomic E-state index is -0.623. The average Bonchev–Trinajstić information content (AvgIpc) is 2.45. The van der Waals surface area contributed by atoms with Gasteiger partial charge in [0, 0.05) is 6.54 Å². The quantitative estimate of drug-likeness (QED) is 0.768. The number of nitrogens with one attached hydrogen (secondary N) is 1. The molecule has 3 amide bonds. The van der Waals surface area contributed by atoms with Crippen LogP contribution in [-0.2, 0) is 4.79 Å². The third-order valence-electron chi connectivity index (χ3n) is 3.66. The Bertz CT molecular complexity index is 314. The van der Waals surface area contributed by atoms with Crippen LogP contribution in [0.25, 0.3) is 0 Å². The van der Waals surface area contributed by atoms with E-state index in [4.69, 9.17) is 0 Å². The van der Waals surface area contributed by atoms with Crippen molar-refractivity contribution in [2.45, 2.75) is 59.4 Å². The maximum Gasteiger partial charge on any atom is 0.325 e. The number of nitrogens with zero attached hydrogens (tertiary/aromatic N) is 1. The summed E-state index contributed by atoms with van der Waals surface area (Å²) in [5.41, 5.74) is -0.457. The zero-order chi connectivity index (χ0) is 13.3. The van der Waals surface area contributed by atoms with Gasteiger partial charge in [0.15, 0.2) is 0 Å². The van der Waals surface area contributed by atoms with Crippen LogP contribution in [0.1, 0.15) is 53.9 Å². The number of carbonyl (C=O) groups is 2. The Morgan fingerprint density at radius 2 is 1.71 bits per heavy atom. The number of imide groups is 1. The predicted octanol–water partition coefficient (Wildman–Crippen LogP) is 2.53. The van der Waals surface area contributed by atoms with Crippen molar-refractivity contribution in [3.63, 3.8) is 0 Å². The highest BCUT2D eigenvalue weighted by Crippen LogP contribution is 2.31. The van der Waals surface area contributed by atoms with Gasteiger partial charge in [0.1, 0.15) is 5.54 Å². The van der Waals surface area contributed by atoms with Crippen LogP contribution in [0.5, 0.6) is 0 Å². The first-order valence-electron chi connectivity index (χ1n) is 6.40. The molecule has 0 bridgehead atoms. The summed E-state index contributed by atoms with van der Waals surface area (Å²) in [5.74, 6) is -0.138. The fourth-order valence-electron chi connectivity index (χ4n) is 2.31. The molecule has 4 heteroatoms. The third-order valence-corrected chi connectivity index (χ3v) is 3.66. The highest BCUT2D eigenvalue weighted by Gasteiger charge is 2.50. The van der Waals surface area contributed by atoms with E-state index in [9.17, 15) is 9.59 Å². The van der Waals surface area contributed by atoms with Gasteiger partial charge in [-0.25, -0.2) is 4.79 Å². The monoisotopic (exact) mass is 240 g/mol. The highest BCUT2D eigenvalue weighted by molar-refractivity contribution is 6.06. The van der Waals surface area contributed by atoms with E-state index in [1.165, 1.54) is 0 Å². The van der Waals surface area contributed by atoms with Crippen LogP contribution in [-0.4, -0.2) is 28.9 Å². The Morgan fingerprint density at radius 3 is 2.12 bits per heavy atom. The molecule has 4 nitrogen and oxygen atoms in total. The van der Waals surface area contributed by atoms with Gasteiger partial charge in [-0.15, -0.1) is 0 Å². The summed E-state index contributed by atoms with van der Waals surface area (Å²) >= 11 is 0. The molecule has 98 valence electrons. The van der Waals surface area contributed by atoms with Crippen LogP contribution in [0.3, 0.4) is 0 Å². The Labute approximate surface area is 104 Å². The van der Waals surface area contributed by atoms with Gasteiger partial charge in [0.05, 0.1) is 0 Å².